The number of alkyl halides is 3. The molecule has 0 aliphatic carbocycles. The average molecular weight is 1030 g/mol. The van der Waals surface area contributed by atoms with Crippen molar-refractivity contribution in [1.29, 1.82) is 0 Å². The van der Waals surface area contributed by atoms with Gasteiger partial charge in [0.2, 0.25) is 3.79 Å². The van der Waals surface area contributed by atoms with E-state index in [1.807, 2.05) is 125 Å². The predicted molar refractivity (Wildman–Crippen MR) is 277 cm³/mol. The Hall–Kier alpha value is -5.95. The lowest BCUT2D eigenvalue weighted by Gasteiger charge is -2.32. The summed E-state index contributed by atoms with van der Waals surface area (Å²) in [6.07, 6.45) is -1.53. The van der Waals surface area contributed by atoms with E-state index in [1.165, 1.54) is 10.5 Å². The van der Waals surface area contributed by atoms with Gasteiger partial charge in [0.25, 0.3) is 0 Å². The average Bonchev–Trinajstić information content (AvgIpc) is 3.32. The quantitative estimate of drug-likeness (QED) is 0.0270. The molecule has 380 valence electrons. The van der Waals surface area contributed by atoms with Crippen LogP contribution in [0.2, 0.25) is 0 Å². The summed E-state index contributed by atoms with van der Waals surface area (Å²) in [6, 6.07) is 38.2. The van der Waals surface area contributed by atoms with Gasteiger partial charge in [0.05, 0.1) is 19.4 Å². The number of aryl methyl sites for hydroxylation is 2. The second-order valence-electron chi connectivity index (χ2n) is 19.3. The van der Waals surface area contributed by atoms with E-state index in [4.69, 9.17) is 63.2 Å². The van der Waals surface area contributed by atoms with Crippen LogP contribution in [0.4, 0.5) is 9.59 Å². The van der Waals surface area contributed by atoms with Gasteiger partial charge in [0.15, 0.2) is 0 Å². The smallest absolute Gasteiger partial charge is 0.410 e. The molecule has 5 rings (SSSR count). The van der Waals surface area contributed by atoms with Crippen molar-refractivity contribution < 1.29 is 47.6 Å². The third kappa shape index (κ3) is 20.7. The highest BCUT2D eigenvalue weighted by Crippen LogP contribution is 2.28. The first kappa shape index (κ1) is 56.0. The minimum Gasteiger partial charge on any atom is -0.490 e. The van der Waals surface area contributed by atoms with Crippen LogP contribution in [0, 0.1) is 19.3 Å². The Morgan fingerprint density at radius 2 is 0.958 bits per heavy atom. The van der Waals surface area contributed by atoms with Gasteiger partial charge in [-0.3, -0.25) is 14.5 Å². The lowest BCUT2D eigenvalue weighted by molar-refractivity contribution is -0.152. The van der Waals surface area contributed by atoms with E-state index in [2.05, 4.69) is 32.9 Å². The van der Waals surface area contributed by atoms with Crippen molar-refractivity contribution in [3.63, 3.8) is 0 Å². The summed E-state index contributed by atoms with van der Waals surface area (Å²) in [7, 11) is 0. The molecule has 0 spiro atoms. The monoisotopic (exact) mass is 1030 g/mol. The first-order valence-corrected chi connectivity index (χ1v) is 24.6. The second-order valence-corrected chi connectivity index (χ2v) is 21.9. The zero-order chi connectivity index (χ0) is 51.6. The van der Waals surface area contributed by atoms with Gasteiger partial charge in [0.1, 0.15) is 44.5 Å². The molecule has 5 aromatic rings. The van der Waals surface area contributed by atoms with Gasteiger partial charge in [0, 0.05) is 31.6 Å². The summed E-state index contributed by atoms with van der Waals surface area (Å²) in [6.45, 7) is 15.5. The molecule has 0 aromatic heterocycles. The van der Waals surface area contributed by atoms with Crippen LogP contribution in [0.25, 0.3) is 0 Å². The fourth-order valence-electron chi connectivity index (χ4n) is 7.39. The molecule has 2 amide bonds. The number of ether oxygens (including phenoxy) is 6. The molecule has 0 saturated heterocycles. The number of carbonyl (C=O) groups excluding carboxylic acids is 4. The van der Waals surface area contributed by atoms with Gasteiger partial charge in [-0.2, -0.15) is 0 Å². The van der Waals surface area contributed by atoms with Crippen molar-refractivity contribution in [2.24, 2.45) is 5.41 Å². The summed E-state index contributed by atoms with van der Waals surface area (Å²) in [5.74, 6) is 0.297. The Kier molecular flexibility index (Phi) is 20.9. The molecule has 12 nitrogen and oxygen atoms in total. The molecule has 0 atom stereocenters. The largest absolute Gasteiger partial charge is 0.490 e. The Morgan fingerprint density at radius 3 is 1.52 bits per heavy atom. The normalized spacial score (nSPS) is 11.6. The molecule has 71 heavy (non-hydrogen) atoms. The zero-order valence-corrected chi connectivity index (χ0v) is 43.9. The highest BCUT2D eigenvalue weighted by molar-refractivity contribution is 6.67. The first-order valence-electron chi connectivity index (χ1n) is 23.4. The van der Waals surface area contributed by atoms with Crippen LogP contribution >= 0.6 is 34.8 Å². The van der Waals surface area contributed by atoms with Crippen LogP contribution in [0.15, 0.2) is 121 Å². The molecular weight excluding hydrogens is 967 g/mol. The van der Waals surface area contributed by atoms with E-state index in [-0.39, 0.29) is 64.3 Å². The van der Waals surface area contributed by atoms with E-state index in [0.717, 1.165) is 39.1 Å². The van der Waals surface area contributed by atoms with E-state index < -0.39 is 39.9 Å². The number of amides is 2. The molecule has 0 fully saturated rings. The van der Waals surface area contributed by atoms with E-state index >= 15 is 0 Å². The molecule has 0 saturated carbocycles. The van der Waals surface area contributed by atoms with Gasteiger partial charge in [-0.05, 0) is 76.9 Å². The van der Waals surface area contributed by atoms with Crippen molar-refractivity contribution in [2.45, 2.75) is 103 Å². The molecule has 15 heteroatoms. The SMILES string of the molecule is Cc1cc(C)cc(CN(Cc2ccc(COC(=O)CCC(=O)OCC(C)(C)CN(Cc3ccc(OCCOc4ccc(C(C)(C)C)cc4)cc3)C(=O)OCc3ccccc3)cc2)C(=O)OCC(Cl)(Cl)Cl)c1. The van der Waals surface area contributed by atoms with E-state index in [9.17, 15) is 19.2 Å². The van der Waals surface area contributed by atoms with Crippen LogP contribution in [0.1, 0.15) is 92.0 Å². The summed E-state index contributed by atoms with van der Waals surface area (Å²) >= 11 is 17.5. The zero-order valence-electron chi connectivity index (χ0n) is 41.6. The molecule has 5 aromatic carbocycles. The molecular formula is C56H65Cl3N2O10. The fraction of sp³-hybridized carbons (Fsp3) is 0.393. The molecule has 0 heterocycles. The number of hydrogen-bond acceptors (Lipinski definition) is 10. The third-order valence-corrected chi connectivity index (χ3v) is 11.3. The van der Waals surface area contributed by atoms with Crippen molar-refractivity contribution in [3.05, 3.63) is 166 Å². The van der Waals surface area contributed by atoms with Crippen LogP contribution in [0.3, 0.4) is 0 Å². The Labute approximate surface area is 433 Å². The van der Waals surface area contributed by atoms with Gasteiger partial charge in [-0.15, -0.1) is 0 Å². The third-order valence-electron chi connectivity index (χ3n) is 10.9. The number of carbonyl (C=O) groups is 4. The summed E-state index contributed by atoms with van der Waals surface area (Å²) in [5.41, 5.74) is 6.85. The molecule has 0 unspecified atom stereocenters. The standard InChI is InChI=1S/C56H65Cl3N2O10/c1-40-29-41(2)31-46(30-40)34-60(52(64)71-39-56(57,58)59)32-42-13-15-45(16-14-42)35-68-50(62)25-26-51(63)70-38-55(6,7)37-61(53(65)69-36-44-11-9-8-10-12-44)33-43-17-21-48(22-18-43)66-27-28-67-49-23-19-47(20-24-49)54(3,4)5/h8-24,29-31H,25-28,32-39H2,1-7H3. The highest BCUT2D eigenvalue weighted by Gasteiger charge is 2.29. The number of rotatable bonds is 23. The van der Waals surface area contributed by atoms with Gasteiger partial charge in [-0.25, -0.2) is 9.59 Å². The first-order chi connectivity index (χ1) is 33.6. The Balaban J connectivity index is 1.08. The van der Waals surface area contributed by atoms with Crippen LogP contribution < -0.4 is 9.47 Å². The van der Waals surface area contributed by atoms with Crippen molar-refractivity contribution in [3.8, 4) is 11.5 Å². The van der Waals surface area contributed by atoms with Crippen LogP contribution in [-0.2, 0) is 66.8 Å². The van der Waals surface area contributed by atoms with E-state index in [0.29, 0.717) is 24.5 Å². The predicted octanol–water partition coefficient (Wildman–Crippen LogP) is 12.8. The van der Waals surface area contributed by atoms with Crippen molar-refractivity contribution in [1.82, 2.24) is 9.80 Å². The maximum Gasteiger partial charge on any atom is 0.410 e. The summed E-state index contributed by atoms with van der Waals surface area (Å²) in [5, 5.41) is 0. The van der Waals surface area contributed by atoms with Crippen molar-refractivity contribution >= 4 is 58.9 Å². The fourth-order valence-corrected chi connectivity index (χ4v) is 7.55. The lowest BCUT2D eigenvalue weighted by Crippen LogP contribution is -2.41. The molecule has 0 aliphatic rings. The Morgan fingerprint density at radius 1 is 0.493 bits per heavy atom. The van der Waals surface area contributed by atoms with Gasteiger partial charge >= 0.3 is 24.1 Å². The van der Waals surface area contributed by atoms with Gasteiger partial charge in [-0.1, -0.05) is 178 Å². The molecule has 0 bridgehead atoms. The minimum absolute atomic E-state index is 0.0159. The van der Waals surface area contributed by atoms with Gasteiger partial charge < -0.3 is 33.3 Å². The molecule has 0 N–H and O–H groups in total. The highest BCUT2D eigenvalue weighted by atomic mass is 35.6. The Bertz CT molecular complexity index is 2470. The summed E-state index contributed by atoms with van der Waals surface area (Å²) in [4.78, 5) is 55.4. The number of benzene rings is 5. The molecule has 0 radical (unpaired) electrons. The van der Waals surface area contributed by atoms with Crippen LogP contribution in [-0.4, -0.2) is 70.7 Å². The number of halogens is 3. The maximum absolute atomic E-state index is 13.6. The number of esters is 2. The molecule has 0 aliphatic heterocycles. The van der Waals surface area contributed by atoms with Crippen molar-refractivity contribution in [2.75, 3.05) is 33.0 Å². The topological polar surface area (TPSA) is 130 Å². The second kappa shape index (κ2) is 26.5. The number of hydrogen-bond donors (Lipinski definition) is 0. The maximum atomic E-state index is 13.6. The van der Waals surface area contributed by atoms with Crippen LogP contribution in [0.5, 0.6) is 11.5 Å². The summed E-state index contributed by atoms with van der Waals surface area (Å²) < 4.78 is 32.2. The van der Waals surface area contributed by atoms with E-state index in [1.54, 1.807) is 17.0 Å². The lowest BCUT2D eigenvalue weighted by atomic mass is 9.87. The number of nitrogens with zero attached hydrogens (tertiary/aromatic N) is 2. The minimum atomic E-state index is -1.76.